The highest BCUT2D eigenvalue weighted by Gasteiger charge is 2.03. The van der Waals surface area contributed by atoms with Crippen molar-refractivity contribution in [2.45, 2.75) is 13.8 Å². The molecular formula is C15H16N2O. The molecule has 0 radical (unpaired) electrons. The molecule has 0 aliphatic heterocycles. The summed E-state index contributed by atoms with van der Waals surface area (Å²) in [4.78, 5) is 16.2. The Morgan fingerprint density at radius 1 is 1.11 bits per heavy atom. The summed E-state index contributed by atoms with van der Waals surface area (Å²) < 4.78 is 1.91. The van der Waals surface area contributed by atoms with Gasteiger partial charge in [0, 0.05) is 18.3 Å². The predicted molar refractivity (Wildman–Crippen MR) is 71.2 cm³/mol. The van der Waals surface area contributed by atoms with Gasteiger partial charge < -0.3 is 4.57 Å². The van der Waals surface area contributed by atoms with Crippen LogP contribution in [0.15, 0.2) is 47.5 Å². The Bertz CT molecular complexity index is 639. The molecule has 0 fully saturated rings. The van der Waals surface area contributed by atoms with Gasteiger partial charge in [0.15, 0.2) is 0 Å². The minimum absolute atomic E-state index is 0.212. The Kier molecular flexibility index (Phi) is 3.42. The Morgan fingerprint density at radius 2 is 1.78 bits per heavy atom. The summed E-state index contributed by atoms with van der Waals surface area (Å²) in [6, 6.07) is 13.1. The molecule has 92 valence electrons. The maximum Gasteiger partial charge on any atom is 0.278 e. The molecule has 0 saturated carbocycles. The van der Waals surface area contributed by atoms with Crippen LogP contribution in [0.25, 0.3) is 0 Å². The van der Waals surface area contributed by atoms with E-state index in [1.807, 2.05) is 49.7 Å². The third kappa shape index (κ3) is 2.56. The fourth-order valence-electron chi connectivity index (χ4n) is 1.81. The van der Waals surface area contributed by atoms with Crippen LogP contribution in [-0.2, 0) is 7.05 Å². The monoisotopic (exact) mass is 240 g/mol. The number of pyridine rings is 1. The summed E-state index contributed by atoms with van der Waals surface area (Å²) in [5.41, 5.74) is 3.47. The number of hydrogen-bond acceptors (Lipinski definition) is 1. The number of rotatable bonds is 1. The molecule has 0 aliphatic rings. The molecule has 3 nitrogen and oxygen atoms in total. The van der Waals surface area contributed by atoms with Crippen molar-refractivity contribution >= 4 is 5.91 Å². The second kappa shape index (κ2) is 5.00. The van der Waals surface area contributed by atoms with Gasteiger partial charge in [-0.3, -0.25) is 4.79 Å². The number of aryl methyl sites for hydroxylation is 2. The molecule has 0 aliphatic carbocycles. The van der Waals surface area contributed by atoms with Crippen LogP contribution in [0.4, 0.5) is 0 Å². The lowest BCUT2D eigenvalue weighted by molar-refractivity contribution is 0.0997. The SMILES string of the molecule is Cc1cc(C)n(C)c(=NC(=O)c2ccccc2)c1. The summed E-state index contributed by atoms with van der Waals surface area (Å²) in [5, 5.41) is 0. The first-order valence-electron chi connectivity index (χ1n) is 5.86. The highest BCUT2D eigenvalue weighted by molar-refractivity contribution is 5.94. The van der Waals surface area contributed by atoms with Crippen LogP contribution in [0, 0.1) is 13.8 Å². The molecular weight excluding hydrogens is 224 g/mol. The topological polar surface area (TPSA) is 34.4 Å². The molecule has 3 heteroatoms. The summed E-state index contributed by atoms with van der Waals surface area (Å²) in [6.07, 6.45) is 0. The number of carbonyl (C=O) groups is 1. The number of carbonyl (C=O) groups excluding carboxylic acids is 1. The Morgan fingerprint density at radius 3 is 2.44 bits per heavy atom. The molecule has 1 heterocycles. The molecule has 0 saturated heterocycles. The van der Waals surface area contributed by atoms with Gasteiger partial charge in [0.05, 0.1) is 0 Å². The summed E-state index contributed by atoms with van der Waals surface area (Å²) in [5.74, 6) is -0.212. The molecule has 0 N–H and O–H groups in total. The van der Waals surface area contributed by atoms with Gasteiger partial charge in [-0.15, -0.1) is 0 Å². The van der Waals surface area contributed by atoms with Crippen molar-refractivity contribution in [1.29, 1.82) is 0 Å². The molecule has 0 atom stereocenters. The maximum atomic E-state index is 12.0. The van der Waals surface area contributed by atoms with Crippen LogP contribution in [0.1, 0.15) is 21.6 Å². The molecule has 2 rings (SSSR count). The van der Waals surface area contributed by atoms with E-state index in [4.69, 9.17) is 0 Å². The normalized spacial score (nSPS) is 11.6. The number of benzene rings is 1. The molecule has 1 amide bonds. The van der Waals surface area contributed by atoms with Crippen molar-refractivity contribution in [3.63, 3.8) is 0 Å². The molecule has 1 aromatic heterocycles. The van der Waals surface area contributed by atoms with E-state index in [-0.39, 0.29) is 5.91 Å². The van der Waals surface area contributed by atoms with Crippen LogP contribution in [0.5, 0.6) is 0 Å². The smallest absolute Gasteiger partial charge is 0.278 e. The molecule has 0 bridgehead atoms. The van der Waals surface area contributed by atoms with Gasteiger partial charge in [0.25, 0.3) is 5.91 Å². The van der Waals surface area contributed by atoms with Crippen molar-refractivity contribution in [2.24, 2.45) is 12.0 Å². The fourth-order valence-corrected chi connectivity index (χ4v) is 1.81. The summed E-state index contributed by atoms with van der Waals surface area (Å²) in [6.45, 7) is 4.00. The second-order valence-electron chi connectivity index (χ2n) is 4.37. The number of amides is 1. The molecule has 1 aromatic carbocycles. The van der Waals surface area contributed by atoms with Gasteiger partial charge in [-0.25, -0.2) is 0 Å². The largest absolute Gasteiger partial charge is 0.333 e. The van der Waals surface area contributed by atoms with Gasteiger partial charge in [-0.1, -0.05) is 18.2 Å². The number of aromatic nitrogens is 1. The van der Waals surface area contributed by atoms with Crippen LogP contribution < -0.4 is 5.49 Å². The Balaban J connectivity index is 2.49. The highest BCUT2D eigenvalue weighted by Crippen LogP contribution is 2.01. The molecule has 2 aromatic rings. The minimum Gasteiger partial charge on any atom is -0.333 e. The first-order chi connectivity index (χ1) is 8.58. The molecule has 18 heavy (non-hydrogen) atoms. The van der Waals surface area contributed by atoms with Crippen molar-refractivity contribution in [3.05, 3.63) is 64.8 Å². The Labute approximate surface area is 106 Å². The van der Waals surface area contributed by atoms with E-state index in [1.165, 1.54) is 0 Å². The second-order valence-corrected chi connectivity index (χ2v) is 4.37. The van der Waals surface area contributed by atoms with E-state index in [2.05, 4.69) is 11.1 Å². The van der Waals surface area contributed by atoms with Gasteiger partial charge in [0.2, 0.25) is 0 Å². The van der Waals surface area contributed by atoms with Crippen LogP contribution in [-0.4, -0.2) is 10.5 Å². The van der Waals surface area contributed by atoms with E-state index in [0.717, 1.165) is 11.3 Å². The van der Waals surface area contributed by atoms with E-state index in [1.54, 1.807) is 12.1 Å². The lowest BCUT2D eigenvalue weighted by atomic mass is 10.2. The molecule has 0 spiro atoms. The zero-order valence-corrected chi connectivity index (χ0v) is 10.8. The third-order valence-corrected chi connectivity index (χ3v) is 2.90. The maximum absolute atomic E-state index is 12.0. The zero-order valence-electron chi connectivity index (χ0n) is 10.8. The van der Waals surface area contributed by atoms with Gasteiger partial charge in [0.1, 0.15) is 5.49 Å². The van der Waals surface area contributed by atoms with Crippen LogP contribution in [0.3, 0.4) is 0 Å². The standard InChI is InChI=1S/C15H16N2O/c1-11-9-12(2)17(3)14(10-11)16-15(18)13-7-5-4-6-8-13/h4-10H,1-3H3. The summed E-state index contributed by atoms with van der Waals surface area (Å²) >= 11 is 0. The average Bonchev–Trinajstić information content (AvgIpc) is 2.36. The van der Waals surface area contributed by atoms with E-state index in [9.17, 15) is 4.79 Å². The van der Waals surface area contributed by atoms with Crippen molar-refractivity contribution in [3.8, 4) is 0 Å². The highest BCUT2D eigenvalue weighted by atomic mass is 16.1. The Hall–Kier alpha value is -2.16. The lowest BCUT2D eigenvalue weighted by Crippen LogP contribution is -2.21. The van der Waals surface area contributed by atoms with Crippen molar-refractivity contribution in [2.75, 3.05) is 0 Å². The quantitative estimate of drug-likeness (QED) is 0.753. The van der Waals surface area contributed by atoms with Crippen LogP contribution >= 0.6 is 0 Å². The number of hydrogen-bond donors (Lipinski definition) is 0. The average molecular weight is 240 g/mol. The lowest BCUT2D eigenvalue weighted by Gasteiger charge is -2.06. The van der Waals surface area contributed by atoms with E-state index < -0.39 is 0 Å². The minimum atomic E-state index is -0.212. The van der Waals surface area contributed by atoms with Crippen molar-refractivity contribution in [1.82, 2.24) is 4.57 Å². The summed E-state index contributed by atoms with van der Waals surface area (Å²) in [7, 11) is 1.91. The third-order valence-electron chi connectivity index (χ3n) is 2.90. The zero-order chi connectivity index (χ0) is 13.1. The fraction of sp³-hybridized carbons (Fsp3) is 0.200. The first kappa shape index (κ1) is 12.3. The van der Waals surface area contributed by atoms with Gasteiger partial charge >= 0.3 is 0 Å². The van der Waals surface area contributed by atoms with E-state index in [0.29, 0.717) is 11.1 Å². The van der Waals surface area contributed by atoms with E-state index >= 15 is 0 Å². The van der Waals surface area contributed by atoms with Crippen LogP contribution in [0.2, 0.25) is 0 Å². The first-order valence-corrected chi connectivity index (χ1v) is 5.86. The number of nitrogens with zero attached hydrogens (tertiary/aromatic N) is 2. The van der Waals surface area contributed by atoms with Gasteiger partial charge in [-0.05, 0) is 43.7 Å². The van der Waals surface area contributed by atoms with Gasteiger partial charge in [-0.2, -0.15) is 4.99 Å². The van der Waals surface area contributed by atoms with Crippen molar-refractivity contribution < 1.29 is 4.79 Å². The molecule has 0 unspecified atom stereocenters. The predicted octanol–water partition coefficient (Wildman–Crippen LogP) is 2.38.